The molecule has 0 atom stereocenters. The number of aryl methyl sites for hydroxylation is 1. The Morgan fingerprint density at radius 3 is 2.24 bits per heavy atom. The molecule has 1 N–H and O–H groups in total. The second-order valence-corrected chi connectivity index (χ2v) is 4.09. The van der Waals surface area contributed by atoms with E-state index in [1.807, 2.05) is 0 Å². The number of rotatable bonds is 7. The maximum Gasteiger partial charge on any atom is 0.303 e. The summed E-state index contributed by atoms with van der Waals surface area (Å²) in [7, 11) is 0. The lowest BCUT2D eigenvalue weighted by molar-refractivity contribution is -0.137. The molecule has 0 spiro atoms. The first-order valence-corrected chi connectivity index (χ1v) is 6.23. The molecule has 1 rings (SSSR count). The third-order valence-electron chi connectivity index (χ3n) is 2.92. The van der Waals surface area contributed by atoms with E-state index in [1.54, 1.807) is 0 Å². The van der Waals surface area contributed by atoms with Crippen LogP contribution in [0, 0.1) is 0 Å². The number of hydrogen-bond donors (Lipinski definition) is 1. The van der Waals surface area contributed by atoms with Crippen molar-refractivity contribution < 1.29 is 9.90 Å². The van der Waals surface area contributed by atoms with E-state index in [9.17, 15) is 4.79 Å². The molecule has 0 unspecified atom stereocenters. The molecule has 0 amide bonds. The Bertz CT molecular complexity index is 342. The Hall–Kier alpha value is -1.51. The van der Waals surface area contributed by atoms with E-state index in [1.165, 1.54) is 11.3 Å². The van der Waals surface area contributed by atoms with Crippen LogP contribution in [0.25, 0.3) is 0 Å². The van der Waals surface area contributed by atoms with Gasteiger partial charge in [0.05, 0.1) is 0 Å². The van der Waals surface area contributed by atoms with Gasteiger partial charge in [-0.25, -0.2) is 0 Å². The second-order valence-electron chi connectivity index (χ2n) is 4.09. The fourth-order valence-electron chi connectivity index (χ4n) is 1.91. The van der Waals surface area contributed by atoms with Gasteiger partial charge < -0.3 is 10.0 Å². The lowest BCUT2D eigenvalue weighted by atomic mass is 10.1. The molecule has 0 bridgehead atoms. The molecule has 94 valence electrons. The quantitative estimate of drug-likeness (QED) is 0.790. The Morgan fingerprint density at radius 1 is 1.18 bits per heavy atom. The fourth-order valence-corrected chi connectivity index (χ4v) is 1.91. The number of hydrogen-bond acceptors (Lipinski definition) is 2. The van der Waals surface area contributed by atoms with Gasteiger partial charge in [-0.3, -0.25) is 4.79 Å². The van der Waals surface area contributed by atoms with E-state index < -0.39 is 5.97 Å². The van der Waals surface area contributed by atoms with E-state index in [4.69, 9.17) is 5.11 Å². The fraction of sp³-hybridized carbons (Fsp3) is 0.500. The number of anilines is 1. The minimum absolute atomic E-state index is 0.248. The highest BCUT2D eigenvalue weighted by molar-refractivity contribution is 5.66. The van der Waals surface area contributed by atoms with Crippen molar-refractivity contribution in [3.05, 3.63) is 29.8 Å². The minimum atomic E-state index is -0.718. The van der Waals surface area contributed by atoms with Crippen LogP contribution in [0.15, 0.2) is 24.3 Å². The number of carbonyl (C=O) groups is 1. The molecule has 0 saturated carbocycles. The van der Waals surface area contributed by atoms with Crippen LogP contribution in [0.4, 0.5) is 5.69 Å². The van der Waals surface area contributed by atoms with Crippen molar-refractivity contribution >= 4 is 11.7 Å². The first kappa shape index (κ1) is 13.6. The average Bonchev–Trinajstić information content (AvgIpc) is 2.32. The van der Waals surface area contributed by atoms with Crippen molar-refractivity contribution in [3.8, 4) is 0 Å². The van der Waals surface area contributed by atoms with E-state index in [0.29, 0.717) is 6.42 Å². The van der Waals surface area contributed by atoms with E-state index in [2.05, 4.69) is 43.0 Å². The first-order valence-electron chi connectivity index (χ1n) is 6.23. The third-order valence-corrected chi connectivity index (χ3v) is 2.92. The van der Waals surface area contributed by atoms with Gasteiger partial charge in [-0.15, -0.1) is 0 Å². The zero-order valence-corrected chi connectivity index (χ0v) is 10.6. The van der Waals surface area contributed by atoms with Crippen LogP contribution < -0.4 is 4.90 Å². The zero-order chi connectivity index (χ0) is 12.7. The highest BCUT2D eigenvalue weighted by Gasteiger charge is 2.02. The molecule has 3 heteroatoms. The molecule has 0 aliphatic rings. The van der Waals surface area contributed by atoms with Crippen molar-refractivity contribution in [1.82, 2.24) is 0 Å². The summed E-state index contributed by atoms with van der Waals surface area (Å²) in [5.41, 5.74) is 2.44. The summed E-state index contributed by atoms with van der Waals surface area (Å²) >= 11 is 0. The summed E-state index contributed by atoms with van der Waals surface area (Å²) < 4.78 is 0. The number of nitrogens with zero attached hydrogens (tertiary/aromatic N) is 1. The molecule has 0 radical (unpaired) electrons. The molecule has 0 saturated heterocycles. The van der Waals surface area contributed by atoms with Gasteiger partial charge in [0.15, 0.2) is 0 Å². The molecule has 0 aliphatic carbocycles. The third kappa shape index (κ3) is 4.47. The maximum atomic E-state index is 10.4. The van der Waals surface area contributed by atoms with Gasteiger partial charge in [0.1, 0.15) is 0 Å². The van der Waals surface area contributed by atoms with Crippen LogP contribution in [-0.4, -0.2) is 24.2 Å². The van der Waals surface area contributed by atoms with Crippen LogP contribution in [0.5, 0.6) is 0 Å². The maximum absolute atomic E-state index is 10.4. The average molecular weight is 235 g/mol. The van der Waals surface area contributed by atoms with Crippen LogP contribution >= 0.6 is 0 Å². The Labute approximate surface area is 103 Å². The van der Waals surface area contributed by atoms with Gasteiger partial charge in [0, 0.05) is 25.2 Å². The summed E-state index contributed by atoms with van der Waals surface area (Å²) in [6.45, 7) is 6.30. The van der Waals surface area contributed by atoms with Crippen LogP contribution in [0.2, 0.25) is 0 Å². The molecule has 0 heterocycles. The van der Waals surface area contributed by atoms with E-state index in [-0.39, 0.29) is 6.42 Å². The van der Waals surface area contributed by atoms with Crippen molar-refractivity contribution in [1.29, 1.82) is 0 Å². The van der Waals surface area contributed by atoms with Crippen molar-refractivity contribution in [2.24, 2.45) is 0 Å². The van der Waals surface area contributed by atoms with Crippen LogP contribution in [0.3, 0.4) is 0 Å². The first-order chi connectivity index (χ1) is 8.17. The molecule has 1 aromatic rings. The molecule has 3 nitrogen and oxygen atoms in total. The van der Waals surface area contributed by atoms with Crippen molar-refractivity contribution in [2.45, 2.75) is 33.1 Å². The highest BCUT2D eigenvalue weighted by Crippen LogP contribution is 2.16. The molecule has 0 aliphatic heterocycles. The van der Waals surface area contributed by atoms with Gasteiger partial charge in [-0.2, -0.15) is 0 Å². The van der Waals surface area contributed by atoms with Crippen LogP contribution in [0.1, 0.15) is 32.3 Å². The van der Waals surface area contributed by atoms with Gasteiger partial charge in [0.2, 0.25) is 0 Å². The Kier molecular flexibility index (Phi) is 5.53. The summed E-state index contributed by atoms with van der Waals surface area (Å²) in [6, 6.07) is 8.41. The molecule has 17 heavy (non-hydrogen) atoms. The van der Waals surface area contributed by atoms with Gasteiger partial charge >= 0.3 is 5.97 Å². The van der Waals surface area contributed by atoms with Gasteiger partial charge in [-0.1, -0.05) is 12.1 Å². The second kappa shape index (κ2) is 6.94. The van der Waals surface area contributed by atoms with Gasteiger partial charge in [-0.05, 0) is 44.4 Å². The molecule has 0 fully saturated rings. The van der Waals surface area contributed by atoms with Crippen molar-refractivity contribution in [2.75, 3.05) is 18.0 Å². The summed E-state index contributed by atoms with van der Waals surface area (Å²) in [5.74, 6) is -0.718. The SMILES string of the molecule is CCN(CC)c1ccc(CCCC(=O)O)cc1. The zero-order valence-electron chi connectivity index (χ0n) is 10.6. The van der Waals surface area contributed by atoms with Crippen LogP contribution in [-0.2, 0) is 11.2 Å². The lowest BCUT2D eigenvalue weighted by Gasteiger charge is -2.21. The molecule has 0 aromatic heterocycles. The normalized spacial score (nSPS) is 10.2. The largest absolute Gasteiger partial charge is 0.481 e. The monoisotopic (exact) mass is 235 g/mol. The predicted octanol–water partition coefficient (Wildman–Crippen LogP) is 2.94. The highest BCUT2D eigenvalue weighted by atomic mass is 16.4. The lowest BCUT2D eigenvalue weighted by Crippen LogP contribution is -2.21. The Balaban J connectivity index is 2.52. The standard InChI is InChI=1S/C14H21NO2/c1-3-15(4-2)13-10-8-12(9-11-13)6-5-7-14(16)17/h8-11H,3-7H2,1-2H3,(H,16,17). The predicted molar refractivity (Wildman–Crippen MR) is 70.6 cm³/mol. The molecule has 1 aromatic carbocycles. The smallest absolute Gasteiger partial charge is 0.303 e. The number of carboxylic acids is 1. The molecular weight excluding hydrogens is 214 g/mol. The summed E-state index contributed by atoms with van der Waals surface area (Å²) in [4.78, 5) is 12.7. The summed E-state index contributed by atoms with van der Waals surface area (Å²) in [5, 5.41) is 8.57. The summed E-state index contributed by atoms with van der Waals surface area (Å²) in [6.07, 6.45) is 1.79. The van der Waals surface area contributed by atoms with E-state index in [0.717, 1.165) is 19.5 Å². The Morgan fingerprint density at radius 2 is 1.76 bits per heavy atom. The number of carboxylic acid groups (broad SMARTS) is 1. The van der Waals surface area contributed by atoms with Crippen molar-refractivity contribution in [3.63, 3.8) is 0 Å². The number of benzene rings is 1. The molecular formula is C14H21NO2. The minimum Gasteiger partial charge on any atom is -0.481 e. The topological polar surface area (TPSA) is 40.5 Å². The number of aliphatic carboxylic acids is 1. The van der Waals surface area contributed by atoms with E-state index >= 15 is 0 Å². The van der Waals surface area contributed by atoms with Gasteiger partial charge in [0.25, 0.3) is 0 Å².